The summed E-state index contributed by atoms with van der Waals surface area (Å²) in [6.07, 6.45) is 5.06. The Balaban J connectivity index is 0.00000182. The van der Waals surface area contributed by atoms with Crippen LogP contribution in [0.15, 0.2) is 41.2 Å². The number of nitrogens with zero attached hydrogens (tertiary/aromatic N) is 4. The van der Waals surface area contributed by atoms with Crippen LogP contribution in [0.2, 0.25) is 0 Å². The van der Waals surface area contributed by atoms with Gasteiger partial charge in [0.1, 0.15) is 5.54 Å². The smallest absolute Gasteiger partial charge is 0.255 e. The lowest BCUT2D eigenvalue weighted by molar-refractivity contribution is 0.172. The minimum Gasteiger partial charge on any atom is -0.336 e. The molecule has 1 aliphatic rings. The van der Waals surface area contributed by atoms with E-state index in [4.69, 9.17) is 4.52 Å². The number of hydrogen-bond donors (Lipinski definition) is 1. The Hall–Kier alpha value is -2.32. The van der Waals surface area contributed by atoms with Gasteiger partial charge in [-0.1, -0.05) is 5.16 Å². The van der Waals surface area contributed by atoms with Crippen LogP contribution >= 0.6 is 12.4 Å². The molecule has 4 rings (SSSR count). The summed E-state index contributed by atoms with van der Waals surface area (Å²) in [4.78, 5) is 4.45. The summed E-state index contributed by atoms with van der Waals surface area (Å²) in [7, 11) is 0. The fourth-order valence-corrected chi connectivity index (χ4v) is 3.07. The molecule has 3 aromatic rings. The van der Waals surface area contributed by atoms with Crippen LogP contribution in [-0.2, 0) is 5.54 Å². The average molecular weight is 368 g/mol. The molecule has 1 aliphatic heterocycles. The van der Waals surface area contributed by atoms with Gasteiger partial charge in [-0.2, -0.15) is 10.1 Å². The van der Waals surface area contributed by atoms with Gasteiger partial charge in [0.25, 0.3) is 5.89 Å². The largest absolute Gasteiger partial charge is 0.336 e. The zero-order valence-corrected chi connectivity index (χ0v) is 14.0. The molecule has 1 fully saturated rings. The number of halogens is 3. The van der Waals surface area contributed by atoms with Crippen molar-refractivity contribution in [3.05, 3.63) is 54.2 Å². The van der Waals surface area contributed by atoms with E-state index in [1.165, 1.54) is 6.07 Å². The van der Waals surface area contributed by atoms with Crippen LogP contribution < -0.4 is 5.32 Å². The van der Waals surface area contributed by atoms with Crippen molar-refractivity contribution in [3.8, 4) is 11.4 Å². The zero-order valence-electron chi connectivity index (χ0n) is 13.2. The SMILES string of the molecule is Cl.Fc1ccc(-c2noc(C3(n4cccn4)CCNCC3)n2)cc1F. The summed E-state index contributed by atoms with van der Waals surface area (Å²) < 4.78 is 33.9. The standard InChI is InChI=1S/C16H15F2N5O.ClH/c17-12-3-2-11(10-13(12)18)14-21-15(24-22-14)16(4-7-19-8-5-16)23-9-1-6-20-23;/h1-3,6,9-10,19H,4-5,7-8H2;1H. The predicted molar refractivity (Wildman–Crippen MR) is 88.3 cm³/mol. The van der Waals surface area contributed by atoms with Gasteiger partial charge in [-0.25, -0.2) is 8.78 Å². The van der Waals surface area contributed by atoms with Gasteiger partial charge in [-0.15, -0.1) is 12.4 Å². The summed E-state index contributed by atoms with van der Waals surface area (Å²) in [5.74, 6) is -1.20. The van der Waals surface area contributed by atoms with Crippen molar-refractivity contribution in [2.24, 2.45) is 0 Å². The topological polar surface area (TPSA) is 68.8 Å². The third-order valence-corrected chi connectivity index (χ3v) is 4.38. The number of piperidine rings is 1. The molecule has 0 aliphatic carbocycles. The van der Waals surface area contributed by atoms with E-state index in [1.54, 1.807) is 6.20 Å². The Kier molecular flexibility index (Phi) is 4.82. The van der Waals surface area contributed by atoms with Gasteiger partial charge >= 0.3 is 0 Å². The Bertz CT molecular complexity index is 846. The van der Waals surface area contributed by atoms with E-state index in [1.807, 2.05) is 16.9 Å². The monoisotopic (exact) mass is 367 g/mol. The minimum absolute atomic E-state index is 0. The molecule has 0 unspecified atom stereocenters. The molecule has 3 heterocycles. The molecule has 0 bridgehead atoms. The van der Waals surface area contributed by atoms with Crippen LogP contribution in [0.25, 0.3) is 11.4 Å². The number of aromatic nitrogens is 4. The molecule has 132 valence electrons. The first-order valence-electron chi connectivity index (χ1n) is 7.69. The Morgan fingerprint density at radius 3 is 2.64 bits per heavy atom. The number of rotatable bonds is 3. The third-order valence-electron chi connectivity index (χ3n) is 4.38. The van der Waals surface area contributed by atoms with Gasteiger partial charge in [0.2, 0.25) is 5.82 Å². The second-order valence-electron chi connectivity index (χ2n) is 5.78. The second-order valence-corrected chi connectivity index (χ2v) is 5.78. The van der Waals surface area contributed by atoms with Gasteiger partial charge in [-0.05, 0) is 50.2 Å². The zero-order chi connectivity index (χ0) is 16.6. The maximum Gasteiger partial charge on any atom is 0.255 e. The van der Waals surface area contributed by atoms with Crippen LogP contribution in [0.1, 0.15) is 18.7 Å². The van der Waals surface area contributed by atoms with Gasteiger partial charge in [0, 0.05) is 18.0 Å². The number of benzene rings is 1. The van der Waals surface area contributed by atoms with Crippen molar-refractivity contribution in [2.75, 3.05) is 13.1 Å². The first kappa shape index (κ1) is 17.5. The summed E-state index contributed by atoms with van der Waals surface area (Å²) >= 11 is 0. The van der Waals surface area contributed by atoms with E-state index in [9.17, 15) is 8.78 Å². The molecule has 6 nitrogen and oxygen atoms in total. The van der Waals surface area contributed by atoms with Crippen molar-refractivity contribution in [2.45, 2.75) is 18.4 Å². The van der Waals surface area contributed by atoms with Gasteiger partial charge in [0.15, 0.2) is 11.6 Å². The molecule has 0 radical (unpaired) electrons. The highest BCUT2D eigenvalue weighted by atomic mass is 35.5. The van der Waals surface area contributed by atoms with E-state index in [-0.39, 0.29) is 18.2 Å². The second kappa shape index (κ2) is 6.89. The maximum absolute atomic E-state index is 13.4. The summed E-state index contributed by atoms with van der Waals surface area (Å²) in [5.41, 5.74) is -0.160. The quantitative estimate of drug-likeness (QED) is 0.771. The first-order valence-corrected chi connectivity index (χ1v) is 7.69. The maximum atomic E-state index is 13.4. The van der Waals surface area contributed by atoms with Crippen molar-refractivity contribution in [3.63, 3.8) is 0 Å². The fourth-order valence-electron chi connectivity index (χ4n) is 3.07. The van der Waals surface area contributed by atoms with Crippen LogP contribution in [0.5, 0.6) is 0 Å². The molecule has 0 spiro atoms. The van der Waals surface area contributed by atoms with E-state index >= 15 is 0 Å². The molecular formula is C16H16ClF2N5O. The average Bonchev–Trinajstić information content (AvgIpc) is 3.30. The Labute approximate surface area is 148 Å². The molecule has 1 saturated heterocycles. The highest BCUT2D eigenvalue weighted by Gasteiger charge is 2.41. The normalized spacial score (nSPS) is 16.4. The molecule has 0 saturated carbocycles. The number of nitrogens with one attached hydrogen (secondary N) is 1. The van der Waals surface area contributed by atoms with Crippen molar-refractivity contribution in [1.82, 2.24) is 25.2 Å². The van der Waals surface area contributed by atoms with Crippen molar-refractivity contribution < 1.29 is 13.3 Å². The summed E-state index contributed by atoms with van der Waals surface area (Å²) in [5, 5.41) is 11.6. The summed E-state index contributed by atoms with van der Waals surface area (Å²) in [6.45, 7) is 1.59. The van der Waals surface area contributed by atoms with Crippen LogP contribution in [0, 0.1) is 11.6 Å². The lowest BCUT2D eigenvalue weighted by Crippen LogP contribution is -2.45. The minimum atomic E-state index is -0.942. The Morgan fingerprint density at radius 1 is 1.16 bits per heavy atom. The van der Waals surface area contributed by atoms with E-state index in [0.29, 0.717) is 11.5 Å². The van der Waals surface area contributed by atoms with E-state index in [2.05, 4.69) is 20.6 Å². The molecule has 0 amide bonds. The Morgan fingerprint density at radius 2 is 1.96 bits per heavy atom. The van der Waals surface area contributed by atoms with Gasteiger partial charge in [0.05, 0.1) is 0 Å². The van der Waals surface area contributed by atoms with Crippen molar-refractivity contribution >= 4 is 12.4 Å². The van der Waals surface area contributed by atoms with E-state index < -0.39 is 17.2 Å². The van der Waals surface area contributed by atoms with Gasteiger partial charge in [-0.3, -0.25) is 4.68 Å². The molecule has 1 aromatic carbocycles. The molecule has 9 heteroatoms. The lowest BCUT2D eigenvalue weighted by Gasteiger charge is -2.34. The summed E-state index contributed by atoms with van der Waals surface area (Å²) in [6, 6.07) is 5.38. The van der Waals surface area contributed by atoms with E-state index in [0.717, 1.165) is 38.1 Å². The molecule has 0 atom stereocenters. The predicted octanol–water partition coefficient (Wildman–Crippen LogP) is 2.76. The fraction of sp³-hybridized carbons (Fsp3) is 0.312. The molecule has 25 heavy (non-hydrogen) atoms. The first-order chi connectivity index (χ1) is 11.7. The molecule has 2 aromatic heterocycles. The van der Waals surface area contributed by atoms with Crippen LogP contribution in [-0.4, -0.2) is 33.0 Å². The van der Waals surface area contributed by atoms with Crippen LogP contribution in [0.4, 0.5) is 8.78 Å². The van der Waals surface area contributed by atoms with Crippen molar-refractivity contribution in [1.29, 1.82) is 0 Å². The molecular weight excluding hydrogens is 352 g/mol. The van der Waals surface area contributed by atoms with Crippen LogP contribution in [0.3, 0.4) is 0 Å². The highest BCUT2D eigenvalue weighted by molar-refractivity contribution is 5.85. The third kappa shape index (κ3) is 3.03. The highest BCUT2D eigenvalue weighted by Crippen LogP contribution is 2.34. The number of hydrogen-bond acceptors (Lipinski definition) is 5. The molecule has 1 N–H and O–H groups in total. The lowest BCUT2D eigenvalue weighted by atomic mass is 9.88. The van der Waals surface area contributed by atoms with Gasteiger partial charge < -0.3 is 9.84 Å².